The molecule has 1 aromatic carbocycles. The molecule has 0 aliphatic carbocycles. The maximum absolute atomic E-state index is 2.36. The molecule has 1 aliphatic rings. The Bertz CT molecular complexity index is 421. The van der Waals surface area contributed by atoms with Crippen LogP contribution in [0.1, 0.15) is 50.7 Å². The van der Waals surface area contributed by atoms with Crippen molar-refractivity contribution in [2.24, 2.45) is 0 Å². The molecule has 2 rings (SSSR count). The highest BCUT2D eigenvalue weighted by atomic mass is 32.2. The standard InChI is InChI=1S/C15H21NS/c1-11(2)13-5-6-14(12(3)4)15(9-13)16-7-8-17-10-16/h5-9,11-12H,10H2,1-4H3. The minimum atomic E-state index is 0.574. The Morgan fingerprint density at radius 2 is 1.88 bits per heavy atom. The van der Waals surface area contributed by atoms with E-state index in [4.69, 9.17) is 0 Å². The normalized spacial score (nSPS) is 15.3. The van der Waals surface area contributed by atoms with Gasteiger partial charge < -0.3 is 4.90 Å². The highest BCUT2D eigenvalue weighted by Crippen LogP contribution is 2.34. The lowest BCUT2D eigenvalue weighted by molar-refractivity contribution is 0.840. The van der Waals surface area contributed by atoms with E-state index < -0.39 is 0 Å². The quantitative estimate of drug-likeness (QED) is 0.746. The van der Waals surface area contributed by atoms with Crippen molar-refractivity contribution in [1.29, 1.82) is 0 Å². The fourth-order valence-corrected chi connectivity index (χ4v) is 2.79. The average Bonchev–Trinajstić information content (AvgIpc) is 2.81. The maximum atomic E-state index is 2.36. The molecule has 0 amide bonds. The van der Waals surface area contributed by atoms with Crippen LogP contribution in [0, 0.1) is 0 Å². The third-order valence-corrected chi connectivity index (χ3v) is 3.94. The molecular formula is C15H21NS. The smallest absolute Gasteiger partial charge is 0.0723 e. The molecule has 0 aromatic heterocycles. The van der Waals surface area contributed by atoms with Gasteiger partial charge in [-0.1, -0.05) is 39.8 Å². The molecule has 0 spiro atoms. The number of anilines is 1. The van der Waals surface area contributed by atoms with Gasteiger partial charge in [-0.3, -0.25) is 0 Å². The summed E-state index contributed by atoms with van der Waals surface area (Å²) in [5, 5.41) is 2.17. The summed E-state index contributed by atoms with van der Waals surface area (Å²) < 4.78 is 0. The van der Waals surface area contributed by atoms with Crippen LogP contribution in [0.4, 0.5) is 5.69 Å². The summed E-state index contributed by atoms with van der Waals surface area (Å²) >= 11 is 1.86. The van der Waals surface area contributed by atoms with Gasteiger partial charge in [-0.2, -0.15) is 0 Å². The largest absolute Gasteiger partial charge is 0.337 e. The van der Waals surface area contributed by atoms with Gasteiger partial charge in [0.1, 0.15) is 0 Å². The molecule has 0 unspecified atom stereocenters. The number of hydrogen-bond donors (Lipinski definition) is 0. The minimum absolute atomic E-state index is 0.574. The highest BCUT2D eigenvalue weighted by Gasteiger charge is 2.15. The monoisotopic (exact) mass is 247 g/mol. The summed E-state index contributed by atoms with van der Waals surface area (Å²) in [5.74, 6) is 2.21. The van der Waals surface area contributed by atoms with E-state index in [1.54, 1.807) is 0 Å². The average molecular weight is 247 g/mol. The Morgan fingerprint density at radius 1 is 1.12 bits per heavy atom. The summed E-state index contributed by atoms with van der Waals surface area (Å²) in [7, 11) is 0. The van der Waals surface area contributed by atoms with Gasteiger partial charge in [0.05, 0.1) is 5.88 Å². The first-order valence-electron chi connectivity index (χ1n) is 6.28. The lowest BCUT2D eigenvalue weighted by Crippen LogP contribution is -2.14. The number of hydrogen-bond acceptors (Lipinski definition) is 2. The van der Waals surface area contributed by atoms with Crippen LogP contribution in [-0.4, -0.2) is 5.88 Å². The van der Waals surface area contributed by atoms with Crippen molar-refractivity contribution in [1.82, 2.24) is 0 Å². The Hall–Kier alpha value is -0.890. The van der Waals surface area contributed by atoms with Gasteiger partial charge in [-0.05, 0) is 34.4 Å². The van der Waals surface area contributed by atoms with Crippen LogP contribution in [-0.2, 0) is 0 Å². The van der Waals surface area contributed by atoms with Gasteiger partial charge in [0.25, 0.3) is 0 Å². The second-order valence-electron chi connectivity index (χ2n) is 5.18. The van der Waals surface area contributed by atoms with Crippen LogP contribution in [0.5, 0.6) is 0 Å². The van der Waals surface area contributed by atoms with Crippen molar-refractivity contribution in [2.45, 2.75) is 39.5 Å². The second-order valence-corrected chi connectivity index (χ2v) is 6.04. The van der Waals surface area contributed by atoms with E-state index in [0.29, 0.717) is 11.8 Å². The fourth-order valence-electron chi connectivity index (χ4n) is 2.09. The predicted octanol–water partition coefficient (Wildman–Crippen LogP) is 4.92. The lowest BCUT2D eigenvalue weighted by Gasteiger charge is -2.23. The molecule has 0 radical (unpaired) electrons. The van der Waals surface area contributed by atoms with Gasteiger partial charge >= 0.3 is 0 Å². The van der Waals surface area contributed by atoms with Crippen molar-refractivity contribution >= 4 is 17.4 Å². The number of benzene rings is 1. The fraction of sp³-hybridized carbons (Fsp3) is 0.467. The third-order valence-electron chi connectivity index (χ3n) is 3.20. The molecule has 92 valence electrons. The second kappa shape index (κ2) is 5.18. The third kappa shape index (κ3) is 2.68. The molecule has 0 atom stereocenters. The molecule has 1 aliphatic heterocycles. The van der Waals surface area contributed by atoms with Crippen molar-refractivity contribution in [2.75, 3.05) is 10.8 Å². The Labute approximate surface area is 109 Å². The summed E-state index contributed by atoms with van der Waals surface area (Å²) in [5.41, 5.74) is 4.25. The van der Waals surface area contributed by atoms with Crippen LogP contribution in [0.15, 0.2) is 29.8 Å². The number of thioether (sulfide) groups is 1. The zero-order valence-electron chi connectivity index (χ0n) is 11.1. The van der Waals surface area contributed by atoms with Gasteiger partial charge in [-0.15, -0.1) is 11.8 Å². The molecule has 0 N–H and O–H groups in total. The zero-order chi connectivity index (χ0) is 12.4. The van der Waals surface area contributed by atoms with Gasteiger partial charge in [0.2, 0.25) is 0 Å². The molecule has 0 bridgehead atoms. The van der Waals surface area contributed by atoms with E-state index in [1.165, 1.54) is 16.8 Å². The van der Waals surface area contributed by atoms with Crippen LogP contribution < -0.4 is 4.90 Å². The van der Waals surface area contributed by atoms with Crippen LogP contribution in [0.25, 0.3) is 0 Å². The van der Waals surface area contributed by atoms with E-state index in [1.807, 2.05) is 11.8 Å². The number of nitrogens with zero attached hydrogens (tertiary/aromatic N) is 1. The summed E-state index contributed by atoms with van der Waals surface area (Å²) in [4.78, 5) is 2.35. The first-order chi connectivity index (χ1) is 8.09. The number of rotatable bonds is 3. The summed E-state index contributed by atoms with van der Waals surface area (Å²) in [6.07, 6.45) is 2.19. The first-order valence-corrected chi connectivity index (χ1v) is 7.33. The van der Waals surface area contributed by atoms with Crippen molar-refractivity contribution in [3.8, 4) is 0 Å². The molecule has 0 saturated heterocycles. The van der Waals surface area contributed by atoms with Crippen molar-refractivity contribution in [3.63, 3.8) is 0 Å². The first kappa shape index (κ1) is 12.6. The summed E-state index contributed by atoms with van der Waals surface area (Å²) in [6, 6.07) is 6.93. The lowest BCUT2D eigenvalue weighted by atomic mass is 9.95. The minimum Gasteiger partial charge on any atom is -0.337 e. The molecule has 2 heteroatoms. The summed E-state index contributed by atoms with van der Waals surface area (Å²) in [6.45, 7) is 9.03. The molecule has 1 nitrogen and oxygen atoms in total. The van der Waals surface area contributed by atoms with Gasteiger partial charge in [0.15, 0.2) is 0 Å². The van der Waals surface area contributed by atoms with E-state index in [9.17, 15) is 0 Å². The predicted molar refractivity (Wildman–Crippen MR) is 78.7 cm³/mol. The highest BCUT2D eigenvalue weighted by molar-refractivity contribution is 8.02. The van der Waals surface area contributed by atoms with Gasteiger partial charge in [-0.25, -0.2) is 0 Å². The Kier molecular flexibility index (Phi) is 3.82. The van der Waals surface area contributed by atoms with E-state index in [2.05, 4.69) is 62.4 Å². The van der Waals surface area contributed by atoms with E-state index in [0.717, 1.165) is 5.88 Å². The van der Waals surface area contributed by atoms with Crippen LogP contribution in [0.2, 0.25) is 0 Å². The van der Waals surface area contributed by atoms with E-state index >= 15 is 0 Å². The topological polar surface area (TPSA) is 3.24 Å². The Balaban J connectivity index is 2.43. The molecule has 1 heterocycles. The molecule has 0 saturated carbocycles. The molecule has 1 aromatic rings. The molecule has 0 fully saturated rings. The molecular weight excluding hydrogens is 226 g/mol. The molecule has 17 heavy (non-hydrogen) atoms. The van der Waals surface area contributed by atoms with Crippen LogP contribution in [0.3, 0.4) is 0 Å². The Morgan fingerprint density at radius 3 is 2.41 bits per heavy atom. The van der Waals surface area contributed by atoms with Crippen LogP contribution >= 0.6 is 11.8 Å². The SMILES string of the molecule is CC(C)c1ccc(C(C)C)c(N2C=CSC2)c1. The maximum Gasteiger partial charge on any atom is 0.0723 e. The van der Waals surface area contributed by atoms with Gasteiger partial charge in [0, 0.05) is 11.9 Å². The van der Waals surface area contributed by atoms with Crippen molar-refractivity contribution in [3.05, 3.63) is 40.9 Å². The van der Waals surface area contributed by atoms with E-state index in [-0.39, 0.29) is 0 Å². The zero-order valence-corrected chi connectivity index (χ0v) is 11.9. The van der Waals surface area contributed by atoms with Crippen molar-refractivity contribution < 1.29 is 0 Å².